The van der Waals surface area contributed by atoms with Crippen molar-refractivity contribution in [1.29, 1.82) is 21.2 Å². The number of benzene rings is 1. The van der Waals surface area contributed by atoms with Gasteiger partial charge in [-0.15, -0.1) is 0 Å². The first-order valence-corrected chi connectivity index (χ1v) is 9.77. The summed E-state index contributed by atoms with van der Waals surface area (Å²) in [7, 11) is 0. The van der Waals surface area contributed by atoms with Crippen LogP contribution in [0.2, 0.25) is 0 Å². The highest BCUT2D eigenvalue weighted by Crippen LogP contribution is 2.60. The van der Waals surface area contributed by atoms with E-state index in [-0.39, 0.29) is 5.71 Å². The molecule has 0 aromatic heterocycles. The first-order chi connectivity index (χ1) is 14.0. The largest absolute Gasteiger partial charge is 0.331 e. The molecular formula is C22H21N6O+. The summed E-state index contributed by atoms with van der Waals surface area (Å²) in [5.41, 5.74) is -2.03. The van der Waals surface area contributed by atoms with E-state index in [0.29, 0.717) is 29.9 Å². The van der Waals surface area contributed by atoms with Gasteiger partial charge in [0.05, 0.1) is 49.5 Å². The summed E-state index contributed by atoms with van der Waals surface area (Å²) in [5.74, 6) is -1.90. The number of fused-ring (bicyclic) bond motifs is 4. The molecule has 2 heterocycles. The molecule has 1 fully saturated rings. The maximum atomic E-state index is 13.6. The van der Waals surface area contributed by atoms with E-state index in [2.05, 4.69) is 18.3 Å². The highest BCUT2D eigenvalue weighted by molar-refractivity contribution is 6.16. The number of carbonyl (C=O) groups excluding carboxylic acids is 1. The first-order valence-electron chi connectivity index (χ1n) is 9.77. The molecule has 7 nitrogen and oxygen atoms in total. The zero-order valence-electron chi connectivity index (χ0n) is 16.1. The molecule has 4 rings (SSSR count). The Balaban J connectivity index is 2.07. The van der Waals surface area contributed by atoms with E-state index in [1.54, 1.807) is 24.3 Å². The van der Waals surface area contributed by atoms with Crippen LogP contribution in [-0.4, -0.2) is 31.3 Å². The number of hydrogen-bond donors (Lipinski definition) is 3. The number of para-hydroxylation sites is 1. The number of carbonyl (C=O) groups is 1. The fraction of sp³-hybridized carbons (Fsp3) is 0.409. The first kappa shape index (κ1) is 18.9. The van der Waals surface area contributed by atoms with E-state index in [1.165, 1.54) is 4.90 Å². The van der Waals surface area contributed by atoms with Crippen molar-refractivity contribution in [2.75, 3.05) is 25.0 Å². The standard InChI is InChI=1S/C22H20N6O/c1-2-8-28-9-7-14-15(10-23)19(26)21(12-24,13-25)22(17(14)11-28)16-5-3-4-6-18(16)27-20(22)29/h3-7,15,17,26H,2,8-9,11H2,1H3,(H,27,29)/p+1/t15?,17-,22+/m0/s1. The van der Waals surface area contributed by atoms with Crippen molar-refractivity contribution in [3.63, 3.8) is 0 Å². The van der Waals surface area contributed by atoms with Crippen molar-refractivity contribution in [3.05, 3.63) is 41.5 Å². The average Bonchev–Trinajstić information content (AvgIpc) is 3.03. The van der Waals surface area contributed by atoms with Gasteiger partial charge < -0.3 is 15.6 Å². The van der Waals surface area contributed by atoms with Crippen molar-refractivity contribution in [3.8, 4) is 18.2 Å². The van der Waals surface area contributed by atoms with Crippen LogP contribution in [0.1, 0.15) is 18.9 Å². The lowest BCUT2D eigenvalue weighted by molar-refractivity contribution is -0.899. The zero-order chi connectivity index (χ0) is 20.8. The van der Waals surface area contributed by atoms with Gasteiger partial charge in [-0.3, -0.25) is 4.79 Å². The molecule has 1 amide bonds. The summed E-state index contributed by atoms with van der Waals surface area (Å²) < 4.78 is 0. The van der Waals surface area contributed by atoms with Crippen LogP contribution in [-0.2, 0) is 10.2 Å². The molecule has 29 heavy (non-hydrogen) atoms. The Kier molecular flexibility index (Phi) is 4.26. The molecule has 4 atom stereocenters. The SMILES string of the molecule is CCC[NH+]1CC=C2C(C#N)C(=N)C(C#N)(C#N)[C@@]3(C(=O)Nc4ccccc43)[C@H]2C1. The monoisotopic (exact) mass is 385 g/mol. The number of nitriles is 3. The molecule has 144 valence electrons. The number of quaternary nitrogens is 1. The van der Waals surface area contributed by atoms with Crippen molar-refractivity contribution in [1.82, 2.24) is 0 Å². The number of rotatable bonds is 2. The third-order valence-electron chi connectivity index (χ3n) is 6.69. The number of hydrogen-bond acceptors (Lipinski definition) is 5. The van der Waals surface area contributed by atoms with Gasteiger partial charge in [0.2, 0.25) is 11.3 Å². The quantitative estimate of drug-likeness (QED) is 0.654. The minimum absolute atomic E-state index is 0.293. The van der Waals surface area contributed by atoms with Gasteiger partial charge in [0.1, 0.15) is 11.3 Å². The molecular weight excluding hydrogens is 364 g/mol. The van der Waals surface area contributed by atoms with E-state index in [0.717, 1.165) is 13.0 Å². The summed E-state index contributed by atoms with van der Waals surface area (Å²) in [6, 6.07) is 13.3. The summed E-state index contributed by atoms with van der Waals surface area (Å²) >= 11 is 0. The normalized spacial score (nSPS) is 31.5. The second kappa shape index (κ2) is 6.55. The molecule has 1 aliphatic carbocycles. The molecule has 7 heteroatoms. The molecule has 0 radical (unpaired) electrons. The Labute approximate surface area is 169 Å². The molecule has 0 bridgehead atoms. The molecule has 1 spiro atoms. The molecule has 1 aromatic rings. The molecule has 1 saturated carbocycles. The fourth-order valence-electron chi connectivity index (χ4n) is 5.49. The Morgan fingerprint density at radius 2 is 2.00 bits per heavy atom. The maximum absolute atomic E-state index is 13.6. The smallest absolute Gasteiger partial charge is 0.239 e. The Hall–Kier alpha value is -3.47. The molecule has 2 unspecified atom stereocenters. The van der Waals surface area contributed by atoms with Gasteiger partial charge in [0.25, 0.3) is 0 Å². The van der Waals surface area contributed by atoms with E-state index in [4.69, 9.17) is 5.41 Å². The number of nitrogens with zero attached hydrogens (tertiary/aromatic N) is 3. The molecule has 0 saturated heterocycles. The topological polar surface area (TPSA) is 129 Å². The molecule has 2 aliphatic heterocycles. The molecule has 3 N–H and O–H groups in total. The minimum atomic E-state index is -2.04. The van der Waals surface area contributed by atoms with E-state index in [1.807, 2.05) is 18.2 Å². The van der Waals surface area contributed by atoms with Gasteiger partial charge in [-0.25, -0.2) is 0 Å². The number of amides is 1. The molecule has 3 aliphatic rings. The lowest BCUT2D eigenvalue weighted by Crippen LogP contribution is -3.13. The van der Waals surface area contributed by atoms with Crippen LogP contribution < -0.4 is 10.2 Å². The summed E-state index contributed by atoms with van der Waals surface area (Å²) in [6.07, 6.45) is 2.91. The van der Waals surface area contributed by atoms with Crippen molar-refractivity contribution in [2.45, 2.75) is 18.8 Å². The van der Waals surface area contributed by atoms with Crippen LogP contribution in [0.5, 0.6) is 0 Å². The lowest BCUT2D eigenvalue weighted by atomic mass is 9.45. The van der Waals surface area contributed by atoms with Crippen LogP contribution in [0, 0.1) is 56.7 Å². The van der Waals surface area contributed by atoms with Crippen molar-refractivity contribution < 1.29 is 9.69 Å². The second-order valence-electron chi connectivity index (χ2n) is 7.92. The fourth-order valence-corrected chi connectivity index (χ4v) is 5.49. The highest BCUT2D eigenvalue weighted by atomic mass is 16.2. The highest BCUT2D eigenvalue weighted by Gasteiger charge is 2.73. The van der Waals surface area contributed by atoms with Crippen LogP contribution in [0.15, 0.2) is 35.9 Å². The van der Waals surface area contributed by atoms with Gasteiger partial charge >= 0.3 is 0 Å². The second-order valence-corrected chi connectivity index (χ2v) is 7.92. The summed E-state index contributed by atoms with van der Waals surface area (Å²) in [6.45, 7) is 4.22. The summed E-state index contributed by atoms with van der Waals surface area (Å²) in [4.78, 5) is 14.8. The van der Waals surface area contributed by atoms with Gasteiger partial charge in [0, 0.05) is 5.69 Å². The third kappa shape index (κ3) is 2.13. The van der Waals surface area contributed by atoms with Gasteiger partial charge in [-0.2, -0.15) is 15.8 Å². The average molecular weight is 385 g/mol. The van der Waals surface area contributed by atoms with Crippen LogP contribution in [0.4, 0.5) is 5.69 Å². The number of anilines is 1. The zero-order valence-corrected chi connectivity index (χ0v) is 16.1. The van der Waals surface area contributed by atoms with Gasteiger partial charge in [-0.1, -0.05) is 25.1 Å². The van der Waals surface area contributed by atoms with Gasteiger partial charge in [-0.05, 0) is 29.7 Å². The van der Waals surface area contributed by atoms with Crippen LogP contribution in [0.3, 0.4) is 0 Å². The molecule has 1 aromatic carbocycles. The van der Waals surface area contributed by atoms with Crippen LogP contribution in [0.25, 0.3) is 0 Å². The van der Waals surface area contributed by atoms with E-state index in [9.17, 15) is 20.6 Å². The summed E-state index contributed by atoms with van der Waals surface area (Å²) in [5, 5.41) is 41.9. The minimum Gasteiger partial charge on any atom is -0.331 e. The van der Waals surface area contributed by atoms with Crippen molar-refractivity contribution in [2.24, 2.45) is 17.3 Å². The Morgan fingerprint density at radius 3 is 2.66 bits per heavy atom. The van der Waals surface area contributed by atoms with Crippen molar-refractivity contribution >= 4 is 17.3 Å². The van der Waals surface area contributed by atoms with Crippen LogP contribution >= 0.6 is 0 Å². The van der Waals surface area contributed by atoms with Gasteiger partial charge in [0.15, 0.2) is 0 Å². The predicted octanol–water partition coefficient (Wildman–Crippen LogP) is 0.934. The third-order valence-corrected chi connectivity index (χ3v) is 6.69. The van der Waals surface area contributed by atoms with E-state index >= 15 is 0 Å². The lowest BCUT2D eigenvalue weighted by Gasteiger charge is -2.51. The Morgan fingerprint density at radius 1 is 1.28 bits per heavy atom. The maximum Gasteiger partial charge on any atom is 0.239 e. The number of nitrogens with one attached hydrogen (secondary N) is 3. The Bertz CT molecular complexity index is 1050. The van der Waals surface area contributed by atoms with E-state index < -0.39 is 28.6 Å². The predicted molar refractivity (Wildman–Crippen MR) is 105 cm³/mol.